The van der Waals surface area contributed by atoms with Gasteiger partial charge in [-0.05, 0) is 12.1 Å². The lowest BCUT2D eigenvalue weighted by atomic mass is 9.94. The van der Waals surface area contributed by atoms with Gasteiger partial charge in [0.2, 0.25) is 11.8 Å². The molecule has 2 rings (SSSR count). The summed E-state index contributed by atoms with van der Waals surface area (Å²) >= 11 is 0. The fourth-order valence-electron chi connectivity index (χ4n) is 2.15. The van der Waals surface area contributed by atoms with Gasteiger partial charge in [-0.25, -0.2) is 0 Å². The number of para-hydroxylation sites is 2. The second-order valence-corrected chi connectivity index (χ2v) is 6.48. The summed E-state index contributed by atoms with van der Waals surface area (Å²) in [5.41, 5.74) is 2.70. The molecule has 0 heterocycles. The normalized spacial score (nSPS) is 11.0. The number of nitrogens with one attached hydrogen (secondary N) is 2. The average Bonchev–Trinajstić information content (AvgIpc) is 2.47. The van der Waals surface area contributed by atoms with E-state index in [4.69, 9.17) is 0 Å². The molecule has 0 bridgehead atoms. The number of hydrogen-bond acceptors (Lipinski definition) is 2. The van der Waals surface area contributed by atoms with Gasteiger partial charge in [0.1, 0.15) is 0 Å². The standard InChI is InChI=1S/C19H22N2O2/c1-13(22)20-16-11-7-5-9-14(16)15-10-6-8-12-17(15)21-18(23)19(2,3)4/h5-12H,1-4H3,(H,20,22)(H,21,23). The molecule has 0 aromatic heterocycles. The van der Waals surface area contributed by atoms with Crippen molar-refractivity contribution in [2.75, 3.05) is 10.6 Å². The van der Waals surface area contributed by atoms with Crippen LogP contribution in [0.3, 0.4) is 0 Å². The fraction of sp³-hybridized carbons (Fsp3) is 0.263. The largest absolute Gasteiger partial charge is 0.326 e. The monoisotopic (exact) mass is 310 g/mol. The lowest BCUT2D eigenvalue weighted by Gasteiger charge is -2.20. The lowest BCUT2D eigenvalue weighted by molar-refractivity contribution is -0.123. The Kier molecular flexibility index (Phi) is 4.84. The Bertz CT molecular complexity index is 730. The van der Waals surface area contributed by atoms with E-state index in [1.54, 1.807) is 0 Å². The van der Waals surface area contributed by atoms with Crippen LogP contribution in [0.5, 0.6) is 0 Å². The van der Waals surface area contributed by atoms with Gasteiger partial charge in [-0.3, -0.25) is 9.59 Å². The van der Waals surface area contributed by atoms with Crippen molar-refractivity contribution in [2.24, 2.45) is 5.41 Å². The van der Waals surface area contributed by atoms with E-state index in [0.29, 0.717) is 0 Å². The number of benzene rings is 2. The van der Waals surface area contributed by atoms with Crippen molar-refractivity contribution < 1.29 is 9.59 Å². The third kappa shape index (κ3) is 4.19. The third-order valence-electron chi connectivity index (χ3n) is 3.38. The maximum absolute atomic E-state index is 12.3. The summed E-state index contributed by atoms with van der Waals surface area (Å²) in [5.74, 6) is -0.185. The van der Waals surface area contributed by atoms with Gasteiger partial charge in [0.15, 0.2) is 0 Å². The minimum absolute atomic E-state index is 0.0537. The molecule has 4 nitrogen and oxygen atoms in total. The maximum atomic E-state index is 12.3. The third-order valence-corrected chi connectivity index (χ3v) is 3.38. The van der Waals surface area contributed by atoms with Crippen LogP contribution >= 0.6 is 0 Å². The second kappa shape index (κ2) is 6.65. The molecule has 0 radical (unpaired) electrons. The molecular formula is C19H22N2O2. The lowest BCUT2D eigenvalue weighted by Crippen LogP contribution is -2.27. The van der Waals surface area contributed by atoms with E-state index in [2.05, 4.69) is 10.6 Å². The van der Waals surface area contributed by atoms with Crippen molar-refractivity contribution >= 4 is 23.2 Å². The van der Waals surface area contributed by atoms with Gasteiger partial charge in [-0.1, -0.05) is 57.2 Å². The molecule has 0 spiro atoms. The first kappa shape index (κ1) is 16.7. The molecular weight excluding hydrogens is 288 g/mol. The van der Waals surface area contributed by atoms with Gasteiger partial charge in [0.25, 0.3) is 0 Å². The summed E-state index contributed by atoms with van der Waals surface area (Å²) < 4.78 is 0. The van der Waals surface area contributed by atoms with E-state index in [0.717, 1.165) is 22.5 Å². The Morgan fingerprint density at radius 1 is 0.783 bits per heavy atom. The summed E-state index contributed by atoms with van der Waals surface area (Å²) in [7, 11) is 0. The first-order valence-electron chi connectivity index (χ1n) is 7.56. The molecule has 120 valence electrons. The molecule has 0 saturated carbocycles. The molecule has 23 heavy (non-hydrogen) atoms. The van der Waals surface area contributed by atoms with Crippen molar-refractivity contribution in [1.29, 1.82) is 0 Å². The number of amides is 2. The zero-order valence-electron chi connectivity index (χ0n) is 13.9. The number of carbonyl (C=O) groups is 2. The molecule has 2 aromatic carbocycles. The van der Waals surface area contributed by atoms with Gasteiger partial charge in [0.05, 0.1) is 0 Å². The molecule has 0 aliphatic carbocycles. The molecule has 4 heteroatoms. The summed E-state index contributed by atoms with van der Waals surface area (Å²) in [5, 5.41) is 5.81. The van der Waals surface area contributed by atoms with Gasteiger partial charge >= 0.3 is 0 Å². The van der Waals surface area contributed by atoms with Gasteiger partial charge < -0.3 is 10.6 Å². The predicted molar refractivity (Wildman–Crippen MR) is 94.3 cm³/mol. The number of carbonyl (C=O) groups excluding carboxylic acids is 2. The summed E-state index contributed by atoms with van der Waals surface area (Å²) in [4.78, 5) is 23.7. The maximum Gasteiger partial charge on any atom is 0.229 e. The van der Waals surface area contributed by atoms with Crippen LogP contribution in [-0.4, -0.2) is 11.8 Å². The molecule has 0 fully saturated rings. The van der Waals surface area contributed by atoms with Gasteiger partial charge in [-0.15, -0.1) is 0 Å². The predicted octanol–water partition coefficient (Wildman–Crippen LogP) is 4.30. The minimum Gasteiger partial charge on any atom is -0.326 e. The first-order valence-corrected chi connectivity index (χ1v) is 7.56. The summed E-state index contributed by atoms with van der Waals surface area (Å²) in [6, 6.07) is 15.1. The summed E-state index contributed by atoms with van der Waals surface area (Å²) in [6.07, 6.45) is 0. The fourth-order valence-corrected chi connectivity index (χ4v) is 2.15. The molecule has 2 amide bonds. The van der Waals surface area contributed by atoms with E-state index in [1.807, 2.05) is 69.3 Å². The Labute approximate surface area is 136 Å². The average molecular weight is 310 g/mol. The second-order valence-electron chi connectivity index (χ2n) is 6.48. The Morgan fingerprint density at radius 3 is 1.65 bits per heavy atom. The smallest absolute Gasteiger partial charge is 0.229 e. The molecule has 2 N–H and O–H groups in total. The van der Waals surface area contributed by atoms with Crippen LogP contribution in [0.15, 0.2) is 48.5 Å². The van der Waals surface area contributed by atoms with Crippen molar-refractivity contribution in [3.8, 4) is 11.1 Å². The number of anilines is 2. The van der Waals surface area contributed by atoms with E-state index in [9.17, 15) is 9.59 Å². The molecule has 0 unspecified atom stereocenters. The molecule has 0 saturated heterocycles. The van der Waals surface area contributed by atoms with Crippen LogP contribution < -0.4 is 10.6 Å². The first-order chi connectivity index (χ1) is 10.8. The topological polar surface area (TPSA) is 58.2 Å². The minimum atomic E-state index is -0.482. The van der Waals surface area contributed by atoms with Crippen molar-refractivity contribution in [3.05, 3.63) is 48.5 Å². The molecule has 0 aliphatic rings. The molecule has 0 atom stereocenters. The Balaban J connectivity index is 2.46. The SMILES string of the molecule is CC(=O)Nc1ccccc1-c1ccccc1NC(=O)C(C)(C)C. The molecule has 2 aromatic rings. The highest BCUT2D eigenvalue weighted by Crippen LogP contribution is 2.34. The van der Waals surface area contributed by atoms with Crippen molar-refractivity contribution in [3.63, 3.8) is 0 Å². The Morgan fingerprint density at radius 2 is 1.22 bits per heavy atom. The van der Waals surface area contributed by atoms with Gasteiger partial charge in [-0.2, -0.15) is 0 Å². The molecule has 0 aliphatic heterocycles. The zero-order valence-corrected chi connectivity index (χ0v) is 13.9. The van der Waals surface area contributed by atoms with Crippen LogP contribution in [0.1, 0.15) is 27.7 Å². The van der Waals surface area contributed by atoms with Crippen LogP contribution in [0, 0.1) is 5.41 Å². The van der Waals surface area contributed by atoms with E-state index in [1.165, 1.54) is 6.92 Å². The Hall–Kier alpha value is -2.62. The van der Waals surface area contributed by atoms with Crippen LogP contribution in [0.4, 0.5) is 11.4 Å². The summed E-state index contributed by atoms with van der Waals surface area (Å²) in [6.45, 7) is 7.09. The zero-order chi connectivity index (χ0) is 17.0. The van der Waals surface area contributed by atoms with Gasteiger partial charge in [0, 0.05) is 34.8 Å². The quantitative estimate of drug-likeness (QED) is 0.888. The highest BCUT2D eigenvalue weighted by molar-refractivity contribution is 6.01. The number of hydrogen-bond donors (Lipinski definition) is 2. The van der Waals surface area contributed by atoms with Crippen molar-refractivity contribution in [1.82, 2.24) is 0 Å². The highest BCUT2D eigenvalue weighted by atomic mass is 16.2. The van der Waals surface area contributed by atoms with Crippen LogP contribution in [0.25, 0.3) is 11.1 Å². The number of rotatable bonds is 3. The van der Waals surface area contributed by atoms with Crippen LogP contribution in [0.2, 0.25) is 0 Å². The highest BCUT2D eigenvalue weighted by Gasteiger charge is 2.22. The van der Waals surface area contributed by atoms with E-state index in [-0.39, 0.29) is 11.8 Å². The van der Waals surface area contributed by atoms with E-state index >= 15 is 0 Å². The van der Waals surface area contributed by atoms with E-state index < -0.39 is 5.41 Å². The van der Waals surface area contributed by atoms with Crippen LogP contribution in [-0.2, 0) is 9.59 Å². The van der Waals surface area contributed by atoms with Crippen molar-refractivity contribution in [2.45, 2.75) is 27.7 Å².